The minimum absolute atomic E-state index is 0.0295. The van der Waals surface area contributed by atoms with Gasteiger partial charge in [0.1, 0.15) is 18.1 Å². The van der Waals surface area contributed by atoms with Crippen molar-refractivity contribution in [2.75, 3.05) is 6.54 Å². The van der Waals surface area contributed by atoms with Crippen LogP contribution >= 0.6 is 0 Å². The molecule has 43 heavy (non-hydrogen) atoms. The molecule has 4 amide bonds. The number of benzene rings is 1. The fraction of sp³-hybridized carbons (Fsp3) is 0.500. The standard InChI is InChI=1S/C28H43N9O6/c1-15(2)12-22(27(42)43)37-25(40)20(8-5-11-33-28(31)32)36-26(41)21(9-10-23(30)38)35-24(39)18(29)13-16-14-34-19-7-4-3-6-17(16)19/h3-4,6-7,14-15,18,20-22,34H,5,8-13,29H2,1-2H3,(H2,30,38)(H,35,39)(H,36,41)(H,37,40)(H,42,43)(H4,31,32,33). The highest BCUT2D eigenvalue weighted by Gasteiger charge is 2.31. The number of rotatable bonds is 18. The Kier molecular flexibility index (Phi) is 13.4. The lowest BCUT2D eigenvalue weighted by atomic mass is 10.0. The van der Waals surface area contributed by atoms with Crippen LogP contribution in [0.2, 0.25) is 0 Å². The number of fused-ring (bicyclic) bond motifs is 1. The van der Waals surface area contributed by atoms with Crippen LogP contribution in [-0.2, 0) is 30.4 Å². The normalized spacial score (nSPS) is 13.9. The maximum atomic E-state index is 13.4. The molecule has 236 valence electrons. The van der Waals surface area contributed by atoms with Gasteiger partial charge in [-0.1, -0.05) is 32.0 Å². The van der Waals surface area contributed by atoms with E-state index in [-0.39, 0.29) is 56.9 Å². The first-order chi connectivity index (χ1) is 20.3. The molecule has 1 aromatic carbocycles. The molecule has 0 radical (unpaired) electrons. The molecule has 4 atom stereocenters. The zero-order chi connectivity index (χ0) is 32.1. The maximum Gasteiger partial charge on any atom is 0.326 e. The Hall–Kier alpha value is -4.66. The molecule has 0 aliphatic heterocycles. The number of carbonyl (C=O) groups is 5. The number of carboxylic acids is 1. The van der Waals surface area contributed by atoms with Crippen molar-refractivity contribution in [2.24, 2.45) is 33.8 Å². The maximum absolute atomic E-state index is 13.4. The fourth-order valence-electron chi connectivity index (χ4n) is 4.47. The Morgan fingerprint density at radius 1 is 0.907 bits per heavy atom. The molecule has 2 rings (SSSR count). The van der Waals surface area contributed by atoms with E-state index in [0.717, 1.165) is 16.5 Å². The number of carbonyl (C=O) groups excluding carboxylic acids is 4. The highest BCUT2D eigenvalue weighted by Crippen LogP contribution is 2.19. The van der Waals surface area contributed by atoms with E-state index in [1.165, 1.54) is 0 Å². The van der Waals surface area contributed by atoms with Gasteiger partial charge in [-0.2, -0.15) is 0 Å². The number of para-hydroxylation sites is 1. The van der Waals surface area contributed by atoms with Crippen LogP contribution in [-0.4, -0.2) is 76.4 Å². The summed E-state index contributed by atoms with van der Waals surface area (Å²) < 4.78 is 0. The van der Waals surface area contributed by atoms with E-state index in [9.17, 15) is 29.1 Å². The van der Waals surface area contributed by atoms with Crippen molar-refractivity contribution in [1.29, 1.82) is 0 Å². The number of aliphatic carboxylic acids is 1. The summed E-state index contributed by atoms with van der Waals surface area (Å²) in [5.74, 6) is -4.24. The second kappa shape index (κ2) is 16.7. The predicted octanol–water partition coefficient (Wildman–Crippen LogP) is -1.06. The van der Waals surface area contributed by atoms with Crippen LogP contribution in [0.4, 0.5) is 0 Å². The van der Waals surface area contributed by atoms with Crippen molar-refractivity contribution in [3.05, 3.63) is 36.0 Å². The molecule has 0 saturated carbocycles. The van der Waals surface area contributed by atoms with Gasteiger partial charge >= 0.3 is 5.97 Å². The van der Waals surface area contributed by atoms with Gasteiger partial charge in [0.2, 0.25) is 23.6 Å². The van der Waals surface area contributed by atoms with Gasteiger partial charge in [-0.05, 0) is 49.7 Å². The number of aliphatic imine (C=N–C) groups is 1. The summed E-state index contributed by atoms with van der Waals surface area (Å²) in [6.45, 7) is 3.78. The number of amides is 4. The van der Waals surface area contributed by atoms with E-state index in [1.54, 1.807) is 6.20 Å². The second-order valence-corrected chi connectivity index (χ2v) is 10.8. The van der Waals surface area contributed by atoms with Crippen molar-refractivity contribution < 1.29 is 29.1 Å². The summed E-state index contributed by atoms with van der Waals surface area (Å²) in [5.41, 5.74) is 23.9. The Bertz CT molecular complexity index is 1300. The molecule has 15 nitrogen and oxygen atoms in total. The zero-order valence-corrected chi connectivity index (χ0v) is 24.5. The lowest BCUT2D eigenvalue weighted by molar-refractivity contribution is -0.142. The Balaban J connectivity index is 2.19. The summed E-state index contributed by atoms with van der Waals surface area (Å²) in [5, 5.41) is 18.1. The highest BCUT2D eigenvalue weighted by molar-refractivity contribution is 5.94. The number of aromatic amines is 1. The van der Waals surface area contributed by atoms with Gasteiger partial charge in [0.05, 0.1) is 6.04 Å². The topological polar surface area (TPSA) is 274 Å². The molecule has 0 spiro atoms. The lowest BCUT2D eigenvalue weighted by Crippen LogP contribution is -2.57. The summed E-state index contributed by atoms with van der Waals surface area (Å²) in [4.78, 5) is 69.8. The van der Waals surface area contributed by atoms with Gasteiger partial charge in [0.25, 0.3) is 0 Å². The van der Waals surface area contributed by atoms with Gasteiger partial charge < -0.3 is 49.0 Å². The van der Waals surface area contributed by atoms with E-state index >= 15 is 0 Å². The SMILES string of the molecule is CC(C)CC(NC(=O)C(CCCN=C(N)N)NC(=O)C(CCC(N)=O)NC(=O)C(N)Cc1c[nH]c2ccccc12)C(=O)O. The van der Waals surface area contributed by atoms with Crippen LogP contribution in [0, 0.1) is 5.92 Å². The molecule has 13 N–H and O–H groups in total. The summed E-state index contributed by atoms with van der Waals surface area (Å²) >= 11 is 0. The molecule has 0 saturated heterocycles. The van der Waals surface area contributed by atoms with Crippen LogP contribution in [0.5, 0.6) is 0 Å². The predicted molar refractivity (Wildman–Crippen MR) is 161 cm³/mol. The average molecular weight is 602 g/mol. The molecule has 2 aromatic rings. The minimum atomic E-state index is -1.26. The molecule has 0 fully saturated rings. The van der Waals surface area contributed by atoms with Crippen molar-refractivity contribution in [3.8, 4) is 0 Å². The van der Waals surface area contributed by atoms with E-state index < -0.39 is 53.8 Å². The number of aromatic nitrogens is 1. The first kappa shape index (κ1) is 34.5. The van der Waals surface area contributed by atoms with Gasteiger partial charge in [0, 0.05) is 30.1 Å². The van der Waals surface area contributed by atoms with E-state index in [2.05, 4.69) is 25.9 Å². The number of nitrogens with one attached hydrogen (secondary N) is 4. The summed E-state index contributed by atoms with van der Waals surface area (Å²) in [6, 6.07) is 2.85. The molecule has 0 bridgehead atoms. The number of nitrogens with two attached hydrogens (primary N) is 4. The number of carboxylic acid groups (broad SMARTS) is 1. The fourth-order valence-corrected chi connectivity index (χ4v) is 4.47. The zero-order valence-electron chi connectivity index (χ0n) is 24.5. The van der Waals surface area contributed by atoms with Gasteiger partial charge in [-0.3, -0.25) is 24.2 Å². The molecule has 4 unspecified atom stereocenters. The van der Waals surface area contributed by atoms with Gasteiger partial charge in [-0.25, -0.2) is 4.79 Å². The van der Waals surface area contributed by atoms with Crippen LogP contribution in [0.15, 0.2) is 35.5 Å². The van der Waals surface area contributed by atoms with E-state index in [4.69, 9.17) is 22.9 Å². The van der Waals surface area contributed by atoms with Crippen molar-refractivity contribution in [2.45, 2.75) is 76.5 Å². The van der Waals surface area contributed by atoms with Crippen LogP contribution in [0.3, 0.4) is 0 Å². The third kappa shape index (κ3) is 11.6. The van der Waals surface area contributed by atoms with E-state index in [0.29, 0.717) is 0 Å². The summed E-state index contributed by atoms with van der Waals surface area (Å²) in [6.07, 6.45) is 2.03. The molecular weight excluding hydrogens is 558 g/mol. The Morgan fingerprint density at radius 2 is 1.51 bits per heavy atom. The minimum Gasteiger partial charge on any atom is -0.480 e. The number of H-pyrrole nitrogens is 1. The first-order valence-corrected chi connectivity index (χ1v) is 14.1. The first-order valence-electron chi connectivity index (χ1n) is 14.1. The molecule has 1 aromatic heterocycles. The number of hydrogen-bond acceptors (Lipinski definition) is 7. The molecule has 15 heteroatoms. The largest absolute Gasteiger partial charge is 0.480 e. The average Bonchev–Trinajstić information content (AvgIpc) is 3.33. The summed E-state index contributed by atoms with van der Waals surface area (Å²) in [7, 11) is 0. The molecule has 0 aliphatic carbocycles. The van der Waals surface area contributed by atoms with Gasteiger partial charge in [0.15, 0.2) is 5.96 Å². The Morgan fingerprint density at radius 3 is 2.12 bits per heavy atom. The third-order valence-electron chi connectivity index (χ3n) is 6.66. The molecule has 1 heterocycles. The monoisotopic (exact) mass is 601 g/mol. The lowest BCUT2D eigenvalue weighted by Gasteiger charge is -2.25. The van der Waals surface area contributed by atoms with Crippen molar-refractivity contribution >= 4 is 46.5 Å². The van der Waals surface area contributed by atoms with Crippen molar-refractivity contribution in [3.63, 3.8) is 0 Å². The number of nitrogens with zero attached hydrogens (tertiary/aromatic N) is 1. The number of guanidine groups is 1. The highest BCUT2D eigenvalue weighted by atomic mass is 16.4. The quantitative estimate of drug-likeness (QED) is 0.0571. The Labute approximate surface area is 249 Å². The number of primary amides is 1. The molecular formula is C28H43N9O6. The van der Waals surface area contributed by atoms with Crippen LogP contribution in [0.1, 0.15) is 51.5 Å². The van der Waals surface area contributed by atoms with Crippen LogP contribution in [0.25, 0.3) is 10.9 Å². The van der Waals surface area contributed by atoms with E-state index in [1.807, 2.05) is 38.1 Å². The number of hydrogen-bond donors (Lipinski definition) is 9. The third-order valence-corrected chi connectivity index (χ3v) is 6.66. The second-order valence-electron chi connectivity index (χ2n) is 10.8. The smallest absolute Gasteiger partial charge is 0.326 e. The van der Waals surface area contributed by atoms with Crippen LogP contribution < -0.4 is 38.9 Å². The van der Waals surface area contributed by atoms with Gasteiger partial charge in [-0.15, -0.1) is 0 Å². The molecule has 0 aliphatic rings. The van der Waals surface area contributed by atoms with Crippen molar-refractivity contribution in [1.82, 2.24) is 20.9 Å².